The quantitative estimate of drug-likeness (QED) is 0.608. The summed E-state index contributed by atoms with van der Waals surface area (Å²) < 4.78 is 1.04. The molecule has 1 nitrogen and oxygen atoms in total. The van der Waals surface area contributed by atoms with E-state index in [-0.39, 0.29) is 0 Å². The van der Waals surface area contributed by atoms with E-state index in [1.54, 1.807) is 0 Å². The molecule has 0 spiro atoms. The second-order valence-electron chi connectivity index (χ2n) is 4.77. The highest BCUT2D eigenvalue weighted by molar-refractivity contribution is 9.10. The summed E-state index contributed by atoms with van der Waals surface area (Å²) in [7, 11) is 0. The molecule has 1 aromatic heterocycles. The number of halogens is 1. The monoisotopic (exact) mass is 323 g/mol. The molecule has 2 heteroatoms. The van der Waals surface area contributed by atoms with Gasteiger partial charge in [0.1, 0.15) is 0 Å². The second kappa shape index (κ2) is 5.59. The highest BCUT2D eigenvalue weighted by atomic mass is 79.9. The molecule has 20 heavy (non-hydrogen) atoms. The summed E-state index contributed by atoms with van der Waals surface area (Å²) in [6.07, 6.45) is 1.86. The van der Waals surface area contributed by atoms with E-state index in [9.17, 15) is 0 Å². The van der Waals surface area contributed by atoms with Gasteiger partial charge in [-0.05, 0) is 51.7 Å². The Balaban J connectivity index is 2.05. The Labute approximate surface area is 127 Å². The first kappa shape index (κ1) is 13.1. The van der Waals surface area contributed by atoms with Gasteiger partial charge < -0.3 is 0 Å². The van der Waals surface area contributed by atoms with Gasteiger partial charge in [-0.2, -0.15) is 0 Å². The van der Waals surface area contributed by atoms with Crippen LogP contribution in [0.3, 0.4) is 0 Å². The molecular formula is C18H14BrN. The van der Waals surface area contributed by atoms with Crippen LogP contribution < -0.4 is 0 Å². The van der Waals surface area contributed by atoms with Crippen LogP contribution in [0.25, 0.3) is 22.4 Å². The van der Waals surface area contributed by atoms with E-state index in [1.165, 1.54) is 16.7 Å². The summed E-state index contributed by atoms with van der Waals surface area (Å²) in [4.78, 5) is 4.50. The zero-order chi connectivity index (χ0) is 13.9. The summed E-state index contributed by atoms with van der Waals surface area (Å²) in [5, 5.41) is 0. The average Bonchev–Trinajstić information content (AvgIpc) is 2.51. The molecule has 3 aromatic rings. The molecule has 0 amide bonds. The molecule has 0 aliphatic carbocycles. The molecular weight excluding hydrogens is 310 g/mol. The lowest BCUT2D eigenvalue weighted by molar-refractivity contribution is 1.26. The SMILES string of the molecule is Cc1cc(-c2cccc(-c3ccccc3)c2)ncc1Br. The van der Waals surface area contributed by atoms with Crippen molar-refractivity contribution in [1.82, 2.24) is 4.98 Å². The largest absolute Gasteiger partial charge is 0.255 e. The first-order valence-corrected chi connectivity index (χ1v) is 7.31. The Kier molecular flexibility index (Phi) is 3.66. The molecule has 0 aliphatic rings. The van der Waals surface area contributed by atoms with Crippen molar-refractivity contribution >= 4 is 15.9 Å². The fourth-order valence-corrected chi connectivity index (χ4v) is 2.40. The molecule has 1 heterocycles. The van der Waals surface area contributed by atoms with Gasteiger partial charge in [0, 0.05) is 16.2 Å². The zero-order valence-corrected chi connectivity index (χ0v) is 12.8. The van der Waals surface area contributed by atoms with Crippen molar-refractivity contribution in [3.05, 3.63) is 76.9 Å². The molecule has 0 aliphatic heterocycles. The van der Waals surface area contributed by atoms with Gasteiger partial charge in [0.15, 0.2) is 0 Å². The zero-order valence-electron chi connectivity index (χ0n) is 11.2. The maximum atomic E-state index is 4.50. The summed E-state index contributed by atoms with van der Waals surface area (Å²) >= 11 is 3.49. The summed E-state index contributed by atoms with van der Waals surface area (Å²) in [5.41, 5.74) is 5.78. The minimum Gasteiger partial charge on any atom is -0.255 e. The highest BCUT2D eigenvalue weighted by Gasteiger charge is 2.04. The molecule has 0 saturated carbocycles. The normalized spacial score (nSPS) is 10.5. The minimum atomic E-state index is 1.00. The van der Waals surface area contributed by atoms with Crippen LogP contribution in [-0.4, -0.2) is 4.98 Å². The van der Waals surface area contributed by atoms with Gasteiger partial charge in [0.05, 0.1) is 5.69 Å². The molecule has 98 valence electrons. The van der Waals surface area contributed by atoms with Crippen LogP contribution in [-0.2, 0) is 0 Å². The van der Waals surface area contributed by atoms with E-state index in [4.69, 9.17) is 0 Å². The number of aromatic nitrogens is 1. The third kappa shape index (κ3) is 2.66. The van der Waals surface area contributed by atoms with Crippen molar-refractivity contribution in [3.8, 4) is 22.4 Å². The number of aryl methyl sites for hydroxylation is 1. The van der Waals surface area contributed by atoms with Crippen LogP contribution in [0.15, 0.2) is 71.3 Å². The Morgan fingerprint density at radius 2 is 1.50 bits per heavy atom. The average molecular weight is 324 g/mol. The third-order valence-electron chi connectivity index (χ3n) is 3.31. The van der Waals surface area contributed by atoms with Crippen molar-refractivity contribution in [2.45, 2.75) is 6.92 Å². The maximum absolute atomic E-state index is 4.50. The Hall–Kier alpha value is -1.93. The molecule has 0 radical (unpaired) electrons. The molecule has 0 unspecified atom stereocenters. The summed E-state index contributed by atoms with van der Waals surface area (Å²) in [6, 6.07) is 21.0. The van der Waals surface area contributed by atoms with E-state index in [0.717, 1.165) is 15.7 Å². The Morgan fingerprint density at radius 1 is 0.800 bits per heavy atom. The van der Waals surface area contributed by atoms with E-state index in [1.807, 2.05) is 12.3 Å². The number of hydrogen-bond acceptors (Lipinski definition) is 1. The predicted molar refractivity (Wildman–Crippen MR) is 87.5 cm³/mol. The molecule has 2 aromatic carbocycles. The fraction of sp³-hybridized carbons (Fsp3) is 0.0556. The van der Waals surface area contributed by atoms with Gasteiger partial charge in [-0.25, -0.2) is 0 Å². The lowest BCUT2D eigenvalue weighted by Gasteiger charge is -2.07. The number of pyridine rings is 1. The van der Waals surface area contributed by atoms with Crippen molar-refractivity contribution in [2.24, 2.45) is 0 Å². The molecule has 0 N–H and O–H groups in total. The lowest BCUT2D eigenvalue weighted by atomic mass is 10.0. The number of rotatable bonds is 2. The fourth-order valence-electron chi connectivity index (χ4n) is 2.19. The number of hydrogen-bond donors (Lipinski definition) is 0. The topological polar surface area (TPSA) is 12.9 Å². The molecule has 0 fully saturated rings. The van der Waals surface area contributed by atoms with E-state index < -0.39 is 0 Å². The van der Waals surface area contributed by atoms with Crippen molar-refractivity contribution in [2.75, 3.05) is 0 Å². The predicted octanol–water partition coefficient (Wildman–Crippen LogP) is 5.49. The first-order valence-electron chi connectivity index (χ1n) is 6.52. The third-order valence-corrected chi connectivity index (χ3v) is 4.14. The van der Waals surface area contributed by atoms with Crippen LogP contribution in [0, 0.1) is 6.92 Å². The van der Waals surface area contributed by atoms with Crippen LogP contribution in [0.4, 0.5) is 0 Å². The second-order valence-corrected chi connectivity index (χ2v) is 5.62. The van der Waals surface area contributed by atoms with Crippen molar-refractivity contribution in [3.63, 3.8) is 0 Å². The van der Waals surface area contributed by atoms with Gasteiger partial charge in [-0.15, -0.1) is 0 Å². The number of benzene rings is 2. The van der Waals surface area contributed by atoms with Gasteiger partial charge >= 0.3 is 0 Å². The summed E-state index contributed by atoms with van der Waals surface area (Å²) in [6.45, 7) is 2.08. The van der Waals surface area contributed by atoms with Crippen molar-refractivity contribution < 1.29 is 0 Å². The Morgan fingerprint density at radius 3 is 2.25 bits per heavy atom. The van der Waals surface area contributed by atoms with E-state index in [0.29, 0.717) is 0 Å². The molecule has 0 atom stereocenters. The van der Waals surface area contributed by atoms with Gasteiger partial charge in [0.2, 0.25) is 0 Å². The highest BCUT2D eigenvalue weighted by Crippen LogP contribution is 2.27. The first-order chi connectivity index (χ1) is 9.74. The number of nitrogens with zero attached hydrogens (tertiary/aromatic N) is 1. The smallest absolute Gasteiger partial charge is 0.0705 e. The van der Waals surface area contributed by atoms with Gasteiger partial charge in [-0.3, -0.25) is 4.98 Å². The van der Waals surface area contributed by atoms with Gasteiger partial charge in [0.25, 0.3) is 0 Å². The molecule has 3 rings (SSSR count). The standard InChI is InChI=1S/C18H14BrN/c1-13-10-18(20-12-17(13)19)16-9-5-8-15(11-16)14-6-3-2-4-7-14/h2-12H,1H3. The van der Waals surface area contributed by atoms with Crippen LogP contribution in [0.1, 0.15) is 5.56 Å². The summed E-state index contributed by atoms with van der Waals surface area (Å²) in [5.74, 6) is 0. The van der Waals surface area contributed by atoms with Crippen LogP contribution in [0.5, 0.6) is 0 Å². The van der Waals surface area contributed by atoms with E-state index in [2.05, 4.69) is 82.4 Å². The van der Waals surface area contributed by atoms with E-state index >= 15 is 0 Å². The lowest BCUT2D eigenvalue weighted by Crippen LogP contribution is -1.87. The van der Waals surface area contributed by atoms with Crippen LogP contribution >= 0.6 is 15.9 Å². The molecule has 0 bridgehead atoms. The molecule has 0 saturated heterocycles. The van der Waals surface area contributed by atoms with Crippen molar-refractivity contribution in [1.29, 1.82) is 0 Å². The van der Waals surface area contributed by atoms with Crippen LogP contribution in [0.2, 0.25) is 0 Å². The minimum absolute atomic E-state index is 1.00. The van der Waals surface area contributed by atoms with Gasteiger partial charge in [-0.1, -0.05) is 48.5 Å². The maximum Gasteiger partial charge on any atom is 0.0705 e. The Bertz CT molecular complexity index is 735.